The predicted octanol–water partition coefficient (Wildman–Crippen LogP) is 2.15. The number of aryl methyl sites for hydroxylation is 2. The third-order valence-corrected chi connectivity index (χ3v) is 2.24. The lowest BCUT2D eigenvalue weighted by Crippen LogP contribution is -1.87. The highest BCUT2D eigenvalue weighted by Crippen LogP contribution is 2.25. The van der Waals surface area contributed by atoms with E-state index in [0.717, 1.165) is 21.6 Å². The standard InChI is InChI=1S/C8H8BrN3O/c1-5-3-7(11-13-5)8-6(9)4-12(2)10-8/h3-4H,1-2H3. The summed E-state index contributed by atoms with van der Waals surface area (Å²) in [6.45, 7) is 1.85. The molecule has 0 bridgehead atoms. The van der Waals surface area contributed by atoms with Crippen molar-refractivity contribution in [3.05, 3.63) is 22.5 Å². The van der Waals surface area contributed by atoms with Gasteiger partial charge in [0.05, 0.1) is 4.47 Å². The molecule has 0 saturated carbocycles. The molecule has 0 atom stereocenters. The first-order valence-corrected chi connectivity index (χ1v) is 4.59. The van der Waals surface area contributed by atoms with Gasteiger partial charge in [-0.2, -0.15) is 5.10 Å². The molecule has 2 aromatic rings. The van der Waals surface area contributed by atoms with Gasteiger partial charge in [-0.1, -0.05) is 5.16 Å². The third-order valence-electron chi connectivity index (χ3n) is 1.65. The van der Waals surface area contributed by atoms with Crippen LogP contribution in [0.4, 0.5) is 0 Å². The molecule has 5 heteroatoms. The van der Waals surface area contributed by atoms with Crippen molar-refractivity contribution in [2.45, 2.75) is 6.92 Å². The molecule has 4 nitrogen and oxygen atoms in total. The monoisotopic (exact) mass is 241 g/mol. The Morgan fingerprint density at radius 3 is 2.77 bits per heavy atom. The summed E-state index contributed by atoms with van der Waals surface area (Å²) in [6.07, 6.45) is 1.87. The van der Waals surface area contributed by atoms with E-state index in [2.05, 4.69) is 26.2 Å². The van der Waals surface area contributed by atoms with Crippen molar-refractivity contribution in [3.8, 4) is 11.4 Å². The lowest BCUT2D eigenvalue weighted by molar-refractivity contribution is 0.399. The molecule has 0 aromatic carbocycles. The molecule has 0 spiro atoms. The predicted molar refractivity (Wildman–Crippen MR) is 51.1 cm³/mol. The van der Waals surface area contributed by atoms with Crippen molar-refractivity contribution < 1.29 is 4.52 Å². The lowest BCUT2D eigenvalue weighted by atomic mass is 10.3. The van der Waals surface area contributed by atoms with Gasteiger partial charge in [0.1, 0.15) is 17.1 Å². The highest BCUT2D eigenvalue weighted by atomic mass is 79.9. The maximum Gasteiger partial charge on any atom is 0.135 e. The van der Waals surface area contributed by atoms with Crippen molar-refractivity contribution in [2.24, 2.45) is 7.05 Å². The van der Waals surface area contributed by atoms with E-state index in [1.165, 1.54) is 0 Å². The zero-order valence-electron chi connectivity index (χ0n) is 7.28. The van der Waals surface area contributed by atoms with Gasteiger partial charge in [0.15, 0.2) is 0 Å². The number of rotatable bonds is 1. The molecule has 0 N–H and O–H groups in total. The van der Waals surface area contributed by atoms with E-state index in [1.54, 1.807) is 4.68 Å². The van der Waals surface area contributed by atoms with Crippen LogP contribution in [-0.2, 0) is 7.05 Å². The maximum atomic E-state index is 4.96. The van der Waals surface area contributed by atoms with Gasteiger partial charge in [-0.3, -0.25) is 4.68 Å². The molecule has 0 fully saturated rings. The SMILES string of the molecule is Cc1cc(-c2nn(C)cc2Br)no1. The van der Waals surface area contributed by atoms with Crippen molar-refractivity contribution in [1.29, 1.82) is 0 Å². The summed E-state index contributed by atoms with van der Waals surface area (Å²) in [7, 11) is 1.86. The van der Waals surface area contributed by atoms with Crippen LogP contribution in [0.2, 0.25) is 0 Å². The third kappa shape index (κ3) is 1.51. The minimum Gasteiger partial charge on any atom is -0.361 e. The van der Waals surface area contributed by atoms with Crippen LogP contribution in [0, 0.1) is 6.92 Å². The van der Waals surface area contributed by atoms with Crippen molar-refractivity contribution in [1.82, 2.24) is 14.9 Å². The van der Waals surface area contributed by atoms with Gasteiger partial charge in [0, 0.05) is 19.3 Å². The minimum atomic E-state index is 0.755. The van der Waals surface area contributed by atoms with Gasteiger partial charge in [0.2, 0.25) is 0 Å². The summed E-state index contributed by atoms with van der Waals surface area (Å²) < 4.78 is 7.61. The fourth-order valence-corrected chi connectivity index (χ4v) is 1.69. The maximum absolute atomic E-state index is 4.96. The summed E-state index contributed by atoms with van der Waals surface area (Å²) in [6, 6.07) is 1.85. The zero-order valence-corrected chi connectivity index (χ0v) is 8.87. The number of halogens is 1. The molecule has 2 rings (SSSR count). The normalized spacial score (nSPS) is 10.7. The molecule has 0 radical (unpaired) electrons. The molecule has 0 amide bonds. The van der Waals surface area contributed by atoms with Gasteiger partial charge < -0.3 is 4.52 Å². The second kappa shape index (κ2) is 2.99. The second-order valence-corrected chi connectivity index (χ2v) is 3.68. The highest BCUT2D eigenvalue weighted by molar-refractivity contribution is 9.10. The van der Waals surface area contributed by atoms with Crippen LogP contribution < -0.4 is 0 Å². The Balaban J connectivity index is 2.51. The van der Waals surface area contributed by atoms with E-state index in [0.29, 0.717) is 0 Å². The first-order chi connectivity index (χ1) is 6.16. The Morgan fingerprint density at radius 1 is 1.54 bits per heavy atom. The molecule has 13 heavy (non-hydrogen) atoms. The first-order valence-electron chi connectivity index (χ1n) is 3.79. The Labute approximate surface area is 83.7 Å². The van der Waals surface area contributed by atoms with E-state index in [9.17, 15) is 0 Å². The van der Waals surface area contributed by atoms with Crippen LogP contribution in [0.3, 0.4) is 0 Å². The summed E-state index contributed by atoms with van der Waals surface area (Å²) in [5.74, 6) is 0.785. The fraction of sp³-hybridized carbons (Fsp3) is 0.250. The highest BCUT2D eigenvalue weighted by Gasteiger charge is 2.11. The van der Waals surface area contributed by atoms with Gasteiger partial charge in [-0.15, -0.1) is 0 Å². The minimum absolute atomic E-state index is 0.755. The van der Waals surface area contributed by atoms with Crippen LogP contribution in [0.5, 0.6) is 0 Å². The molecule has 0 aliphatic rings. The molecule has 0 unspecified atom stereocenters. The number of aromatic nitrogens is 3. The molecule has 68 valence electrons. The molecular formula is C8H8BrN3O. The summed E-state index contributed by atoms with van der Waals surface area (Å²) >= 11 is 3.40. The average Bonchev–Trinajstić information content (AvgIpc) is 2.58. The van der Waals surface area contributed by atoms with E-state index >= 15 is 0 Å². The quantitative estimate of drug-likeness (QED) is 0.769. The lowest BCUT2D eigenvalue weighted by Gasteiger charge is -1.86. The molecule has 0 aliphatic carbocycles. The van der Waals surface area contributed by atoms with E-state index in [-0.39, 0.29) is 0 Å². The summed E-state index contributed by atoms with van der Waals surface area (Å²) in [5.41, 5.74) is 1.56. The number of hydrogen-bond acceptors (Lipinski definition) is 3. The van der Waals surface area contributed by atoms with E-state index in [1.807, 2.05) is 26.2 Å². The molecule has 0 aliphatic heterocycles. The smallest absolute Gasteiger partial charge is 0.135 e. The Morgan fingerprint density at radius 2 is 2.31 bits per heavy atom. The van der Waals surface area contributed by atoms with Crippen molar-refractivity contribution >= 4 is 15.9 Å². The molecule has 2 aromatic heterocycles. The fourth-order valence-electron chi connectivity index (χ4n) is 1.11. The topological polar surface area (TPSA) is 43.9 Å². The van der Waals surface area contributed by atoms with Crippen LogP contribution in [0.25, 0.3) is 11.4 Å². The summed E-state index contributed by atoms with van der Waals surface area (Å²) in [4.78, 5) is 0. The van der Waals surface area contributed by atoms with E-state index in [4.69, 9.17) is 4.52 Å². The first kappa shape index (κ1) is 8.50. The number of nitrogens with zero attached hydrogens (tertiary/aromatic N) is 3. The second-order valence-electron chi connectivity index (χ2n) is 2.82. The zero-order chi connectivity index (χ0) is 9.42. The average molecular weight is 242 g/mol. The Hall–Kier alpha value is -1.10. The van der Waals surface area contributed by atoms with Gasteiger partial charge in [-0.25, -0.2) is 0 Å². The van der Waals surface area contributed by atoms with Crippen LogP contribution in [-0.4, -0.2) is 14.9 Å². The van der Waals surface area contributed by atoms with Crippen molar-refractivity contribution in [3.63, 3.8) is 0 Å². The van der Waals surface area contributed by atoms with Crippen LogP contribution >= 0.6 is 15.9 Å². The van der Waals surface area contributed by atoms with Crippen LogP contribution in [0.1, 0.15) is 5.76 Å². The molecule has 2 heterocycles. The molecule has 0 saturated heterocycles. The van der Waals surface area contributed by atoms with Gasteiger partial charge in [-0.05, 0) is 22.9 Å². The van der Waals surface area contributed by atoms with Crippen molar-refractivity contribution in [2.75, 3.05) is 0 Å². The van der Waals surface area contributed by atoms with Gasteiger partial charge in [0.25, 0.3) is 0 Å². The Bertz CT molecular complexity index is 432. The Kier molecular flexibility index (Phi) is 1.95. The largest absolute Gasteiger partial charge is 0.361 e. The molecular weight excluding hydrogens is 234 g/mol. The summed E-state index contributed by atoms with van der Waals surface area (Å²) in [5, 5.41) is 8.12. The van der Waals surface area contributed by atoms with E-state index < -0.39 is 0 Å². The van der Waals surface area contributed by atoms with Gasteiger partial charge >= 0.3 is 0 Å². The number of hydrogen-bond donors (Lipinski definition) is 0. The van der Waals surface area contributed by atoms with Crippen LogP contribution in [0.15, 0.2) is 21.3 Å².